The van der Waals surface area contributed by atoms with Gasteiger partial charge >= 0.3 is 11.9 Å². The Bertz CT molecular complexity index is 646. The Labute approximate surface area is 178 Å². The monoisotopic (exact) mass is 453 g/mol. The zero-order valence-corrected chi connectivity index (χ0v) is 19.1. The molecule has 0 aliphatic heterocycles. The van der Waals surface area contributed by atoms with Crippen LogP contribution in [0, 0.1) is 5.41 Å². The van der Waals surface area contributed by atoms with Crippen molar-refractivity contribution in [1.29, 1.82) is 0 Å². The molecule has 30 heavy (non-hydrogen) atoms. The topological polar surface area (TPSA) is 145 Å². The molecule has 0 aliphatic carbocycles. The first-order chi connectivity index (χ1) is 13.9. The van der Waals surface area contributed by atoms with Crippen molar-refractivity contribution in [2.75, 3.05) is 32.1 Å². The number of ether oxygens (including phenoxy) is 2. The predicted molar refractivity (Wildman–Crippen MR) is 109 cm³/mol. The van der Waals surface area contributed by atoms with Crippen molar-refractivity contribution in [1.82, 2.24) is 5.32 Å². The number of amides is 1. The summed E-state index contributed by atoms with van der Waals surface area (Å²) in [6, 6.07) is 0. The summed E-state index contributed by atoms with van der Waals surface area (Å²) in [6.07, 6.45) is 0.856. The van der Waals surface area contributed by atoms with Crippen LogP contribution in [0.4, 0.5) is 0 Å². The summed E-state index contributed by atoms with van der Waals surface area (Å²) in [4.78, 5) is 34.1. The molecular weight excluding hydrogens is 418 g/mol. The van der Waals surface area contributed by atoms with Crippen molar-refractivity contribution in [3.05, 3.63) is 0 Å². The molecule has 0 radical (unpaired) electrons. The number of hydrogen-bond acceptors (Lipinski definition) is 9. The van der Waals surface area contributed by atoms with E-state index in [0.717, 1.165) is 12.8 Å². The van der Waals surface area contributed by atoms with Crippen molar-refractivity contribution in [3.8, 4) is 0 Å². The summed E-state index contributed by atoms with van der Waals surface area (Å²) < 4.78 is 38.7. The fourth-order valence-electron chi connectivity index (χ4n) is 2.10. The van der Waals surface area contributed by atoms with Crippen LogP contribution in [0.25, 0.3) is 0 Å². The minimum absolute atomic E-state index is 0.0463. The van der Waals surface area contributed by atoms with Gasteiger partial charge in [-0.3, -0.25) is 13.8 Å². The second-order valence-electron chi connectivity index (χ2n) is 7.60. The van der Waals surface area contributed by atoms with Crippen LogP contribution in [0.3, 0.4) is 0 Å². The average Bonchev–Trinajstić information content (AvgIpc) is 2.67. The number of unbranched alkanes of at least 4 members (excludes halogenated alkanes) is 1. The molecule has 0 aromatic heterocycles. The summed E-state index contributed by atoms with van der Waals surface area (Å²) in [5, 5.41) is 12.7. The number of hydrogen-bond donors (Lipinski definition) is 2. The third kappa shape index (κ3) is 13.5. The summed E-state index contributed by atoms with van der Waals surface area (Å²) in [6.45, 7) is 6.08. The molecule has 0 aliphatic rings. The maximum Gasteiger partial charge on any atom is 0.335 e. The molecule has 0 rings (SSSR count). The molecule has 1 atom stereocenters. The first-order valence-corrected chi connectivity index (χ1v) is 11.6. The highest BCUT2D eigenvalue weighted by molar-refractivity contribution is 7.86. The molecule has 10 nitrogen and oxygen atoms in total. The first-order valence-electron chi connectivity index (χ1n) is 10.0. The number of carbonyl (C=O) groups is 3. The summed E-state index contributed by atoms with van der Waals surface area (Å²) in [7, 11) is -3.87. The van der Waals surface area contributed by atoms with Crippen LogP contribution < -0.4 is 5.32 Å². The Morgan fingerprint density at radius 3 is 2.30 bits per heavy atom. The third-order valence-electron chi connectivity index (χ3n) is 4.05. The summed E-state index contributed by atoms with van der Waals surface area (Å²) in [5.74, 6) is -1.78. The smallest absolute Gasteiger partial charge is 0.335 e. The van der Waals surface area contributed by atoms with Gasteiger partial charge in [0.25, 0.3) is 10.1 Å². The second kappa shape index (κ2) is 14.3. The highest BCUT2D eigenvalue weighted by Crippen LogP contribution is 2.23. The van der Waals surface area contributed by atoms with E-state index < -0.39 is 34.2 Å². The quantitative estimate of drug-likeness (QED) is 0.198. The van der Waals surface area contributed by atoms with Gasteiger partial charge in [0.05, 0.1) is 25.6 Å². The van der Waals surface area contributed by atoms with Gasteiger partial charge in [-0.05, 0) is 12.8 Å². The lowest BCUT2D eigenvalue weighted by atomic mass is 9.88. The van der Waals surface area contributed by atoms with E-state index in [4.69, 9.17) is 13.7 Å². The average molecular weight is 454 g/mol. The highest BCUT2D eigenvalue weighted by atomic mass is 32.2. The van der Waals surface area contributed by atoms with E-state index in [-0.39, 0.29) is 50.2 Å². The zero-order valence-electron chi connectivity index (χ0n) is 18.3. The van der Waals surface area contributed by atoms with Crippen molar-refractivity contribution >= 4 is 28.0 Å². The molecule has 0 saturated heterocycles. The summed E-state index contributed by atoms with van der Waals surface area (Å²) >= 11 is 0. The van der Waals surface area contributed by atoms with Crippen LogP contribution in [0.2, 0.25) is 0 Å². The number of carbonyl (C=O) groups excluding carboxylic acids is 3. The molecule has 2 N–H and O–H groups in total. The fraction of sp³-hybridized carbons (Fsp3) is 0.842. The van der Waals surface area contributed by atoms with Gasteiger partial charge in [0.15, 0.2) is 6.10 Å². The van der Waals surface area contributed by atoms with Crippen LogP contribution in [-0.4, -0.2) is 69.6 Å². The SMILES string of the molecule is CCCCC(=O)OCCCOC(=O)[C@H](O)C(C)(C)COS(=O)(=O)CCCNC(C)=O. The normalized spacial score (nSPS) is 12.8. The van der Waals surface area contributed by atoms with Crippen LogP contribution in [0.1, 0.15) is 59.8 Å². The number of esters is 2. The Kier molecular flexibility index (Phi) is 13.5. The molecular formula is C19H35NO9S. The molecule has 0 aromatic rings. The van der Waals surface area contributed by atoms with Gasteiger partial charge in [0, 0.05) is 31.7 Å². The lowest BCUT2D eigenvalue weighted by molar-refractivity contribution is -0.162. The van der Waals surface area contributed by atoms with E-state index in [0.29, 0.717) is 6.42 Å². The Hall–Kier alpha value is -1.72. The van der Waals surface area contributed by atoms with E-state index in [1.54, 1.807) is 0 Å². The molecule has 0 saturated carbocycles. The van der Waals surface area contributed by atoms with E-state index in [1.807, 2.05) is 6.92 Å². The van der Waals surface area contributed by atoms with E-state index in [1.165, 1.54) is 20.8 Å². The van der Waals surface area contributed by atoms with Crippen LogP contribution in [0.15, 0.2) is 0 Å². The maximum absolute atomic E-state index is 12.0. The lowest BCUT2D eigenvalue weighted by Gasteiger charge is -2.28. The van der Waals surface area contributed by atoms with E-state index in [9.17, 15) is 27.9 Å². The van der Waals surface area contributed by atoms with Gasteiger partial charge in [-0.15, -0.1) is 0 Å². The zero-order chi connectivity index (χ0) is 23.2. The van der Waals surface area contributed by atoms with Crippen LogP contribution in [-0.2, 0) is 38.2 Å². The van der Waals surface area contributed by atoms with Gasteiger partial charge in [0.2, 0.25) is 5.91 Å². The van der Waals surface area contributed by atoms with Crippen molar-refractivity contribution in [3.63, 3.8) is 0 Å². The highest BCUT2D eigenvalue weighted by Gasteiger charge is 2.36. The Morgan fingerprint density at radius 2 is 1.70 bits per heavy atom. The van der Waals surface area contributed by atoms with Gasteiger partial charge in [-0.25, -0.2) is 4.79 Å². The molecule has 1 amide bonds. The Morgan fingerprint density at radius 1 is 1.07 bits per heavy atom. The molecule has 0 fully saturated rings. The van der Waals surface area contributed by atoms with Gasteiger partial charge in [-0.1, -0.05) is 27.2 Å². The molecule has 0 aromatic carbocycles. The molecule has 11 heteroatoms. The number of rotatable bonds is 16. The van der Waals surface area contributed by atoms with Gasteiger partial charge in [0.1, 0.15) is 0 Å². The van der Waals surface area contributed by atoms with E-state index >= 15 is 0 Å². The standard InChI is InChI=1S/C19H35NO9S/c1-5-6-9-16(22)27-11-8-12-28-18(24)17(23)19(3,4)14-29-30(25,26)13-7-10-20-15(2)21/h17,23H,5-14H2,1-4H3,(H,20,21)/t17-/m0/s1. The minimum Gasteiger partial charge on any atom is -0.466 e. The number of nitrogens with one attached hydrogen (secondary N) is 1. The van der Waals surface area contributed by atoms with E-state index in [2.05, 4.69) is 5.32 Å². The molecule has 176 valence electrons. The molecule has 0 bridgehead atoms. The van der Waals surface area contributed by atoms with Crippen molar-refractivity contribution < 1.29 is 41.6 Å². The van der Waals surface area contributed by atoms with Gasteiger partial charge < -0.3 is 19.9 Å². The first kappa shape index (κ1) is 28.3. The van der Waals surface area contributed by atoms with Crippen molar-refractivity contribution in [2.45, 2.75) is 65.9 Å². The second-order valence-corrected chi connectivity index (χ2v) is 9.36. The number of aliphatic hydroxyl groups is 1. The van der Waals surface area contributed by atoms with Gasteiger partial charge in [-0.2, -0.15) is 8.42 Å². The molecule has 0 unspecified atom stereocenters. The maximum atomic E-state index is 12.0. The largest absolute Gasteiger partial charge is 0.466 e. The van der Waals surface area contributed by atoms with Crippen molar-refractivity contribution in [2.24, 2.45) is 5.41 Å². The van der Waals surface area contributed by atoms with Crippen LogP contribution >= 0.6 is 0 Å². The lowest BCUT2D eigenvalue weighted by Crippen LogP contribution is -2.41. The molecule has 0 heterocycles. The third-order valence-corrected chi connectivity index (χ3v) is 5.32. The predicted octanol–water partition coefficient (Wildman–Crippen LogP) is 0.913. The number of aliphatic hydroxyl groups excluding tert-OH is 1. The summed E-state index contributed by atoms with van der Waals surface area (Å²) in [5.41, 5.74) is -1.21. The van der Waals surface area contributed by atoms with Crippen LogP contribution in [0.5, 0.6) is 0 Å². The Balaban J connectivity index is 4.24. The fourth-order valence-corrected chi connectivity index (χ4v) is 3.20. The molecule has 0 spiro atoms. The minimum atomic E-state index is -3.87.